The fraction of sp³-hybridized carbons (Fsp3) is 0.167. The molecule has 0 amide bonds. The summed E-state index contributed by atoms with van der Waals surface area (Å²) in [5.74, 6) is 0.883. The van der Waals surface area contributed by atoms with Crippen LogP contribution in [0, 0.1) is 0 Å². The van der Waals surface area contributed by atoms with E-state index in [1.807, 2.05) is 76.7 Å². The maximum atomic E-state index is 13.0. The van der Waals surface area contributed by atoms with Crippen LogP contribution in [0.2, 0.25) is 0 Å². The molecule has 1 aromatic heterocycles. The van der Waals surface area contributed by atoms with Crippen molar-refractivity contribution in [2.75, 3.05) is 38.8 Å². The Bertz CT molecular complexity index is 2040. The predicted octanol–water partition coefficient (Wildman–Crippen LogP) is 4.56. The Morgan fingerprint density at radius 2 is 1.69 bits per heavy atom. The molecular formula is C36H34N6O3. The molecule has 0 radical (unpaired) electrons. The van der Waals surface area contributed by atoms with Crippen molar-refractivity contribution in [2.24, 2.45) is 4.99 Å². The number of hydrogen-bond acceptors (Lipinski definition) is 8. The number of aromatic nitrogens is 2. The van der Waals surface area contributed by atoms with Gasteiger partial charge in [-0.3, -0.25) is 4.99 Å². The first-order valence-electron chi connectivity index (χ1n) is 14.5. The average molecular weight is 599 g/mol. The van der Waals surface area contributed by atoms with E-state index in [1.165, 1.54) is 0 Å². The molecule has 2 N–H and O–H groups in total. The van der Waals surface area contributed by atoms with Gasteiger partial charge in [-0.05, 0) is 52.4 Å². The molecule has 1 aliphatic carbocycles. The summed E-state index contributed by atoms with van der Waals surface area (Å²) in [6.07, 6.45) is 1.55. The number of aliphatic imine (C=N–C) groups is 1. The van der Waals surface area contributed by atoms with Crippen molar-refractivity contribution in [1.82, 2.24) is 14.5 Å². The Morgan fingerprint density at radius 1 is 0.933 bits per heavy atom. The molecule has 226 valence electrons. The summed E-state index contributed by atoms with van der Waals surface area (Å²) in [6.45, 7) is 0.581. The van der Waals surface area contributed by atoms with Crippen LogP contribution in [-0.4, -0.2) is 44.1 Å². The van der Waals surface area contributed by atoms with E-state index in [9.17, 15) is 5.11 Å². The van der Waals surface area contributed by atoms with Gasteiger partial charge in [-0.2, -0.15) is 4.98 Å². The largest absolute Gasteiger partial charge is 0.858 e. The third kappa shape index (κ3) is 6.47. The van der Waals surface area contributed by atoms with Gasteiger partial charge in [0, 0.05) is 54.6 Å². The van der Waals surface area contributed by atoms with Crippen molar-refractivity contribution in [3.8, 4) is 28.5 Å². The van der Waals surface area contributed by atoms with Crippen LogP contribution in [0.1, 0.15) is 16.7 Å². The number of nitrogens with two attached hydrogens (primary N) is 1. The monoisotopic (exact) mass is 598 g/mol. The maximum Gasteiger partial charge on any atom is 0.318 e. The van der Waals surface area contributed by atoms with Gasteiger partial charge in [-0.1, -0.05) is 48.5 Å². The molecule has 0 unspecified atom stereocenters. The summed E-state index contributed by atoms with van der Waals surface area (Å²) in [5.41, 5.74) is 13.0. The molecule has 2 aliphatic rings. The summed E-state index contributed by atoms with van der Waals surface area (Å²) < 4.78 is 14.1. The molecule has 0 saturated carbocycles. The van der Waals surface area contributed by atoms with Crippen molar-refractivity contribution >= 4 is 28.4 Å². The van der Waals surface area contributed by atoms with E-state index in [0.717, 1.165) is 55.6 Å². The smallest absolute Gasteiger partial charge is 0.318 e. The number of hydrogen-bond donors (Lipinski definition) is 1. The van der Waals surface area contributed by atoms with E-state index in [0.29, 0.717) is 18.0 Å². The fourth-order valence-corrected chi connectivity index (χ4v) is 5.08. The highest BCUT2D eigenvalue weighted by atomic mass is 16.5. The second kappa shape index (κ2) is 12.5. The number of fused-ring (bicyclic) bond motifs is 2. The van der Waals surface area contributed by atoms with Gasteiger partial charge < -0.3 is 24.9 Å². The van der Waals surface area contributed by atoms with Gasteiger partial charge in [0.2, 0.25) is 5.36 Å². The highest BCUT2D eigenvalue weighted by Gasteiger charge is 2.18. The van der Waals surface area contributed by atoms with Crippen LogP contribution < -0.4 is 30.4 Å². The second-order valence-corrected chi connectivity index (χ2v) is 11.2. The van der Waals surface area contributed by atoms with E-state index >= 15 is 0 Å². The zero-order valence-electron chi connectivity index (χ0n) is 25.7. The minimum absolute atomic E-state index is 0.228. The Labute approximate surface area is 261 Å². The number of anilines is 2. The zero-order valence-corrected chi connectivity index (χ0v) is 25.7. The SMILES string of the molecule is CN(C)c1ccc2c(-c3ccc(C([O-])=NCc4ccc(COc5nccc(N)n5)cc4)cc3)c3ccc(=[N+](C)C)cc-3oc2c1. The Hall–Kier alpha value is -5.70. The molecule has 6 rings (SSSR count). The van der Waals surface area contributed by atoms with Crippen LogP contribution in [-0.2, 0) is 13.2 Å². The first-order valence-corrected chi connectivity index (χ1v) is 14.5. The second-order valence-electron chi connectivity index (χ2n) is 11.2. The quantitative estimate of drug-likeness (QED) is 0.118. The lowest BCUT2D eigenvalue weighted by Crippen LogP contribution is -2.21. The van der Waals surface area contributed by atoms with Crippen LogP contribution in [0.5, 0.6) is 6.01 Å². The van der Waals surface area contributed by atoms with Gasteiger partial charge >= 0.3 is 6.01 Å². The van der Waals surface area contributed by atoms with Crippen molar-refractivity contribution < 1.29 is 14.3 Å². The van der Waals surface area contributed by atoms with Crippen LogP contribution in [0.25, 0.3) is 33.4 Å². The first-order chi connectivity index (χ1) is 21.7. The highest BCUT2D eigenvalue weighted by Crippen LogP contribution is 2.40. The molecule has 2 heterocycles. The molecular weight excluding hydrogens is 564 g/mol. The molecule has 9 heteroatoms. The Kier molecular flexibility index (Phi) is 8.16. The molecule has 3 aromatic carbocycles. The lowest BCUT2D eigenvalue weighted by Gasteiger charge is -2.18. The zero-order chi connectivity index (χ0) is 31.5. The highest BCUT2D eigenvalue weighted by molar-refractivity contribution is 6.03. The van der Waals surface area contributed by atoms with Crippen molar-refractivity contribution in [1.29, 1.82) is 0 Å². The van der Waals surface area contributed by atoms with Crippen LogP contribution in [0.4, 0.5) is 11.5 Å². The first kappa shape index (κ1) is 29.4. The molecule has 45 heavy (non-hydrogen) atoms. The summed E-state index contributed by atoms with van der Waals surface area (Å²) in [5, 5.41) is 15.1. The lowest BCUT2D eigenvalue weighted by atomic mass is 9.93. The minimum atomic E-state index is -0.267. The molecule has 0 bridgehead atoms. The van der Waals surface area contributed by atoms with E-state index in [4.69, 9.17) is 14.9 Å². The Morgan fingerprint density at radius 3 is 2.40 bits per heavy atom. The number of ether oxygens (including phenoxy) is 1. The Balaban J connectivity index is 1.23. The molecule has 1 aliphatic heterocycles. The normalized spacial score (nSPS) is 11.6. The summed E-state index contributed by atoms with van der Waals surface area (Å²) >= 11 is 0. The van der Waals surface area contributed by atoms with Crippen LogP contribution in [0.15, 0.2) is 107 Å². The molecule has 0 atom stereocenters. The van der Waals surface area contributed by atoms with E-state index in [1.54, 1.807) is 12.3 Å². The molecule has 0 saturated heterocycles. The fourth-order valence-electron chi connectivity index (χ4n) is 5.08. The maximum absolute atomic E-state index is 13.0. The van der Waals surface area contributed by atoms with Crippen molar-refractivity contribution in [2.45, 2.75) is 13.2 Å². The van der Waals surface area contributed by atoms with Crippen molar-refractivity contribution in [3.63, 3.8) is 0 Å². The predicted molar refractivity (Wildman–Crippen MR) is 177 cm³/mol. The molecule has 0 spiro atoms. The van der Waals surface area contributed by atoms with E-state index in [2.05, 4.69) is 60.8 Å². The number of benzene rings is 4. The lowest BCUT2D eigenvalue weighted by molar-refractivity contribution is -0.213. The number of rotatable bonds is 8. The van der Waals surface area contributed by atoms with Crippen LogP contribution >= 0.6 is 0 Å². The average Bonchev–Trinajstić information content (AvgIpc) is 3.05. The topological polar surface area (TPSA) is 116 Å². The number of nitrogens with zero attached hydrogens (tertiary/aromatic N) is 5. The van der Waals surface area contributed by atoms with Gasteiger partial charge in [-0.15, -0.1) is 0 Å². The molecule has 4 aromatic rings. The summed E-state index contributed by atoms with van der Waals surface area (Å²) in [7, 11) is 8.05. The van der Waals surface area contributed by atoms with E-state index < -0.39 is 0 Å². The van der Waals surface area contributed by atoms with Gasteiger partial charge in [0.25, 0.3) is 0 Å². The third-order valence-corrected chi connectivity index (χ3v) is 7.59. The summed E-state index contributed by atoms with van der Waals surface area (Å²) in [4.78, 5) is 14.5. The molecule has 9 nitrogen and oxygen atoms in total. The van der Waals surface area contributed by atoms with Gasteiger partial charge in [0.05, 0.1) is 12.6 Å². The summed E-state index contributed by atoms with van der Waals surface area (Å²) in [6, 6.07) is 29.7. The van der Waals surface area contributed by atoms with E-state index in [-0.39, 0.29) is 18.5 Å². The minimum Gasteiger partial charge on any atom is -0.858 e. The van der Waals surface area contributed by atoms with Crippen molar-refractivity contribution in [3.05, 3.63) is 119 Å². The number of nitrogen functional groups attached to an aromatic ring is 1. The third-order valence-electron chi connectivity index (χ3n) is 7.59. The van der Waals surface area contributed by atoms with Crippen LogP contribution in [0.3, 0.4) is 0 Å². The van der Waals surface area contributed by atoms with Gasteiger partial charge in [0.15, 0.2) is 0 Å². The van der Waals surface area contributed by atoms with Gasteiger partial charge in [0.1, 0.15) is 37.9 Å². The molecule has 0 fully saturated rings. The van der Waals surface area contributed by atoms with Gasteiger partial charge in [-0.25, -0.2) is 9.56 Å². The standard InChI is InChI=1S/C36H34N6O3/c1-41(2)27-13-15-29-31(19-27)45-32-20-28(42(3)4)14-16-30(32)34(29)25-9-11-26(12-10-25)35(43)39-21-23-5-7-24(8-6-23)22-44-36-38-18-17-33(37)40-36/h5-20H,21-22H2,1-4H3,(H2-,37,38,39,40,43).